The third-order valence-electron chi connectivity index (χ3n) is 11.5. The lowest BCUT2D eigenvalue weighted by Gasteiger charge is -2.62. The maximum absolute atomic E-state index is 12.4. The molecule has 0 bridgehead atoms. The van der Waals surface area contributed by atoms with E-state index < -0.39 is 36.3 Å². The van der Waals surface area contributed by atoms with Crippen LogP contribution in [0.3, 0.4) is 0 Å². The summed E-state index contributed by atoms with van der Waals surface area (Å²) >= 11 is 0. The van der Waals surface area contributed by atoms with Crippen LogP contribution in [-0.2, 0) is 9.47 Å². The van der Waals surface area contributed by atoms with Crippen molar-refractivity contribution < 1.29 is 34.3 Å². The molecule has 4 N–H and O–H groups in total. The lowest BCUT2D eigenvalue weighted by Crippen LogP contribution is -2.60. The molecule has 4 fully saturated rings. The molecule has 1 saturated heterocycles. The molecule has 0 unspecified atom stereocenters. The van der Waals surface area contributed by atoms with E-state index in [4.69, 9.17) is 13.9 Å². The molecule has 6 rings (SSSR count). The summed E-state index contributed by atoms with van der Waals surface area (Å²) in [5.41, 5.74) is 0.991. The Bertz CT molecular complexity index is 1130. The van der Waals surface area contributed by atoms with Gasteiger partial charge in [0.25, 0.3) is 0 Å². The normalized spacial score (nSPS) is 50.5. The zero-order valence-electron chi connectivity index (χ0n) is 22.6. The first-order valence-electron chi connectivity index (χ1n) is 14.4. The lowest BCUT2D eigenvalue weighted by molar-refractivity contribution is -0.301. The Morgan fingerprint density at radius 2 is 1.74 bits per heavy atom. The standard InChI is InChI=1S/C30H42O8/c1-16-24(32)25(33)26(34)27(37-16)38-19-8-11-28(2)18(14-19)5-6-22-21(28)9-12-29(3)20(10-13-30(22,29)35)17-4-7-23(31)36-15-17/h4,7,14-16,19-22,24-27,32-35H,5-6,8-13H2,1-3H3/t16-,19-,20+,21-,22+,24-,25+,26+,27+,28-,29+,30-/m0/s1. The third kappa shape index (κ3) is 3.82. The fourth-order valence-electron chi connectivity index (χ4n) is 9.17. The van der Waals surface area contributed by atoms with E-state index in [1.165, 1.54) is 11.6 Å². The van der Waals surface area contributed by atoms with Crippen molar-refractivity contribution in [3.63, 3.8) is 0 Å². The van der Waals surface area contributed by atoms with Crippen LogP contribution in [0.5, 0.6) is 0 Å². The minimum absolute atomic E-state index is 0.0213. The maximum Gasteiger partial charge on any atom is 0.335 e. The highest BCUT2D eigenvalue weighted by Crippen LogP contribution is 2.70. The number of hydrogen-bond donors (Lipinski definition) is 4. The van der Waals surface area contributed by atoms with Crippen molar-refractivity contribution in [1.29, 1.82) is 0 Å². The van der Waals surface area contributed by atoms with E-state index in [0.29, 0.717) is 5.92 Å². The van der Waals surface area contributed by atoms with E-state index >= 15 is 0 Å². The average molecular weight is 531 g/mol. The summed E-state index contributed by atoms with van der Waals surface area (Å²) in [6, 6.07) is 3.36. The SMILES string of the molecule is C[C@@H]1O[C@H](O[C@@H]2C=C3CC[C@@H]4[C@H](CC[C@]5(C)[C@@H](c6ccc(=O)oc6)CC[C@]45O)[C@@]3(C)CC2)[C@H](O)[C@H](O)[C@H]1O. The van der Waals surface area contributed by atoms with Crippen molar-refractivity contribution in [3.8, 4) is 0 Å². The summed E-state index contributed by atoms with van der Waals surface area (Å²) in [5.74, 6) is 0.759. The minimum atomic E-state index is -1.31. The first-order valence-corrected chi connectivity index (χ1v) is 14.4. The molecular weight excluding hydrogens is 488 g/mol. The molecule has 8 nitrogen and oxygen atoms in total. The summed E-state index contributed by atoms with van der Waals surface area (Å²) < 4.78 is 17.0. The van der Waals surface area contributed by atoms with Crippen molar-refractivity contribution >= 4 is 0 Å². The fraction of sp³-hybridized carbons (Fsp3) is 0.767. The highest BCUT2D eigenvalue weighted by molar-refractivity contribution is 5.31. The predicted molar refractivity (Wildman–Crippen MR) is 138 cm³/mol. The maximum atomic E-state index is 12.4. The van der Waals surface area contributed by atoms with Crippen LogP contribution in [0.15, 0.2) is 39.3 Å². The van der Waals surface area contributed by atoms with Crippen LogP contribution in [0.4, 0.5) is 0 Å². The summed E-state index contributed by atoms with van der Waals surface area (Å²) in [6.45, 7) is 6.26. The molecule has 12 atom stereocenters. The van der Waals surface area contributed by atoms with Gasteiger partial charge in [-0.15, -0.1) is 0 Å². The molecule has 8 heteroatoms. The second kappa shape index (κ2) is 9.25. The first-order chi connectivity index (χ1) is 18.0. The number of hydrogen-bond acceptors (Lipinski definition) is 8. The van der Waals surface area contributed by atoms with E-state index in [-0.39, 0.29) is 34.4 Å². The van der Waals surface area contributed by atoms with Crippen LogP contribution in [-0.4, -0.2) is 62.8 Å². The number of aliphatic hydroxyl groups excluding tert-OH is 3. The Labute approximate surface area is 223 Å². The Hall–Kier alpha value is -1.55. The second-order valence-corrected chi connectivity index (χ2v) is 13.1. The summed E-state index contributed by atoms with van der Waals surface area (Å²) in [4.78, 5) is 11.5. The molecule has 38 heavy (non-hydrogen) atoms. The van der Waals surface area contributed by atoms with Gasteiger partial charge in [-0.05, 0) is 93.1 Å². The van der Waals surface area contributed by atoms with Crippen LogP contribution >= 0.6 is 0 Å². The number of fused-ring (bicyclic) bond motifs is 5. The van der Waals surface area contributed by atoms with Crippen LogP contribution in [0.2, 0.25) is 0 Å². The number of aliphatic hydroxyl groups is 4. The molecule has 0 aromatic carbocycles. The minimum Gasteiger partial charge on any atom is -0.431 e. The molecule has 1 aromatic rings. The van der Waals surface area contributed by atoms with E-state index in [0.717, 1.165) is 56.9 Å². The van der Waals surface area contributed by atoms with E-state index in [1.54, 1.807) is 13.2 Å². The topological polar surface area (TPSA) is 130 Å². The molecule has 0 radical (unpaired) electrons. The van der Waals surface area contributed by atoms with Crippen LogP contribution in [0, 0.1) is 22.7 Å². The molecule has 210 valence electrons. The Morgan fingerprint density at radius 1 is 0.947 bits per heavy atom. The van der Waals surface area contributed by atoms with Gasteiger partial charge in [-0.3, -0.25) is 0 Å². The predicted octanol–water partition coefficient (Wildman–Crippen LogP) is 3.01. The quantitative estimate of drug-likeness (QED) is 0.439. The number of allylic oxidation sites excluding steroid dienone is 1. The van der Waals surface area contributed by atoms with Crippen molar-refractivity contribution in [2.24, 2.45) is 22.7 Å². The Morgan fingerprint density at radius 3 is 2.47 bits per heavy atom. The van der Waals surface area contributed by atoms with Crippen molar-refractivity contribution in [2.75, 3.05) is 0 Å². The van der Waals surface area contributed by atoms with Gasteiger partial charge in [-0.1, -0.05) is 25.5 Å². The van der Waals surface area contributed by atoms with Gasteiger partial charge >= 0.3 is 5.63 Å². The molecule has 0 amide bonds. The third-order valence-corrected chi connectivity index (χ3v) is 11.5. The van der Waals surface area contributed by atoms with Gasteiger partial charge in [0.2, 0.25) is 0 Å². The zero-order valence-corrected chi connectivity index (χ0v) is 22.6. The van der Waals surface area contributed by atoms with Gasteiger partial charge < -0.3 is 34.3 Å². The van der Waals surface area contributed by atoms with Gasteiger partial charge in [0.1, 0.15) is 18.3 Å². The molecule has 5 aliphatic rings. The molecule has 4 aliphatic carbocycles. The van der Waals surface area contributed by atoms with Gasteiger partial charge in [-0.2, -0.15) is 0 Å². The van der Waals surface area contributed by atoms with Crippen molar-refractivity contribution in [1.82, 2.24) is 0 Å². The van der Waals surface area contributed by atoms with E-state index in [1.807, 2.05) is 6.07 Å². The molecular formula is C30H42O8. The molecule has 0 spiro atoms. The molecule has 1 aromatic heterocycles. The second-order valence-electron chi connectivity index (χ2n) is 13.1. The fourth-order valence-corrected chi connectivity index (χ4v) is 9.17. The highest BCUT2D eigenvalue weighted by Gasteiger charge is 2.66. The Kier molecular flexibility index (Phi) is 6.49. The molecule has 2 heterocycles. The van der Waals surface area contributed by atoms with Crippen molar-refractivity contribution in [2.45, 2.75) is 120 Å². The van der Waals surface area contributed by atoms with Gasteiger partial charge in [-0.25, -0.2) is 4.79 Å². The molecule has 1 aliphatic heterocycles. The van der Waals surface area contributed by atoms with Crippen LogP contribution in [0.1, 0.15) is 83.6 Å². The Balaban J connectivity index is 1.21. The average Bonchev–Trinajstić information content (AvgIpc) is 3.18. The van der Waals surface area contributed by atoms with Gasteiger partial charge in [0, 0.05) is 11.5 Å². The largest absolute Gasteiger partial charge is 0.431 e. The molecule has 3 saturated carbocycles. The van der Waals surface area contributed by atoms with Crippen molar-refractivity contribution in [3.05, 3.63) is 46.0 Å². The van der Waals surface area contributed by atoms with E-state index in [2.05, 4.69) is 19.9 Å². The zero-order chi connectivity index (χ0) is 27.0. The van der Waals surface area contributed by atoms with Gasteiger partial charge in [0.15, 0.2) is 6.29 Å². The van der Waals surface area contributed by atoms with Crippen LogP contribution < -0.4 is 5.63 Å². The first kappa shape index (κ1) is 26.7. The number of ether oxygens (including phenoxy) is 2. The van der Waals surface area contributed by atoms with Crippen LogP contribution in [0.25, 0.3) is 0 Å². The smallest absolute Gasteiger partial charge is 0.335 e. The highest BCUT2D eigenvalue weighted by atomic mass is 16.7. The van der Waals surface area contributed by atoms with E-state index in [9.17, 15) is 25.2 Å². The lowest BCUT2D eigenvalue weighted by atomic mass is 9.45. The summed E-state index contributed by atoms with van der Waals surface area (Å²) in [7, 11) is 0. The van der Waals surface area contributed by atoms with Gasteiger partial charge in [0.05, 0.1) is 24.1 Å². The summed E-state index contributed by atoms with van der Waals surface area (Å²) in [6.07, 6.45) is 5.32. The number of rotatable bonds is 3. The monoisotopic (exact) mass is 530 g/mol. The summed E-state index contributed by atoms with van der Waals surface area (Å²) in [5, 5.41) is 43.0.